The molecule has 5 heteroatoms. The van der Waals surface area contributed by atoms with Gasteiger partial charge in [0.2, 0.25) is 0 Å². The second-order valence-electron chi connectivity index (χ2n) is 3.19. The molecule has 0 aliphatic carbocycles. The highest BCUT2D eigenvalue weighted by Crippen LogP contribution is 2.28. The van der Waals surface area contributed by atoms with E-state index in [-0.39, 0.29) is 17.6 Å². The maximum atomic E-state index is 10.4. The number of nitro groups is 1. The topological polar surface area (TPSA) is 76.5 Å². The summed E-state index contributed by atoms with van der Waals surface area (Å²) in [4.78, 5) is 9.72. The first-order chi connectivity index (χ1) is 7.10. The molecule has 0 saturated heterocycles. The second-order valence-corrected chi connectivity index (χ2v) is 3.19. The summed E-state index contributed by atoms with van der Waals surface area (Å²) >= 11 is 0. The van der Waals surface area contributed by atoms with Gasteiger partial charge in [0.1, 0.15) is 16.8 Å². The maximum absolute atomic E-state index is 10.4. The summed E-state index contributed by atoms with van der Waals surface area (Å²) in [6.07, 6.45) is 1.43. The average molecular weight is 211 g/mol. The summed E-state index contributed by atoms with van der Waals surface area (Å²) in [6.45, 7) is 5.48. The first-order valence-electron chi connectivity index (χ1n) is 4.64. The number of hydrogen-bond donors (Lipinski definition) is 1. The first-order valence-corrected chi connectivity index (χ1v) is 4.64. The molecule has 1 aromatic heterocycles. The third-order valence-electron chi connectivity index (χ3n) is 2.26. The van der Waals surface area contributed by atoms with Crippen LogP contribution >= 0.6 is 0 Å². The molecule has 5 nitrogen and oxygen atoms in total. The molecular weight excluding hydrogens is 198 g/mol. The van der Waals surface area contributed by atoms with E-state index in [1.807, 2.05) is 6.92 Å². The zero-order valence-electron chi connectivity index (χ0n) is 8.42. The Morgan fingerprint density at radius 2 is 2.40 bits per heavy atom. The lowest BCUT2D eigenvalue weighted by atomic mass is 9.98. The Bertz CT molecular complexity index is 358. The normalized spacial score (nSPS) is 14.5. The van der Waals surface area contributed by atoms with Gasteiger partial charge in [0.05, 0.1) is 6.07 Å². The molecular formula is C10H13NO4. The minimum absolute atomic E-state index is 0.157. The molecule has 0 spiro atoms. The van der Waals surface area contributed by atoms with Crippen LogP contribution in [-0.2, 0) is 0 Å². The highest BCUT2D eigenvalue weighted by molar-refractivity contribution is 5.20. The Hall–Kier alpha value is -1.62. The van der Waals surface area contributed by atoms with Crippen molar-refractivity contribution in [3.8, 4) is 0 Å². The smallest absolute Gasteiger partial charge is 0.403 e. The standard InChI is InChI=1S/C10H13NO4/c1-3-7(4-2)10(12)8-5-6-9(15-8)11(13)14/h3,5-7,10,12H,1,4H2,2H3. The van der Waals surface area contributed by atoms with E-state index < -0.39 is 11.0 Å². The molecule has 0 amide bonds. The molecule has 2 atom stereocenters. The highest BCUT2D eigenvalue weighted by atomic mass is 16.6. The van der Waals surface area contributed by atoms with E-state index >= 15 is 0 Å². The Labute approximate surface area is 87.2 Å². The van der Waals surface area contributed by atoms with Crippen LogP contribution in [0.2, 0.25) is 0 Å². The summed E-state index contributed by atoms with van der Waals surface area (Å²) in [5.41, 5.74) is 0. The molecule has 2 unspecified atom stereocenters. The van der Waals surface area contributed by atoms with Gasteiger partial charge in [-0.15, -0.1) is 6.58 Å². The van der Waals surface area contributed by atoms with E-state index in [2.05, 4.69) is 6.58 Å². The monoisotopic (exact) mass is 211 g/mol. The Morgan fingerprint density at radius 3 is 2.80 bits per heavy atom. The van der Waals surface area contributed by atoms with Crippen molar-refractivity contribution in [1.29, 1.82) is 0 Å². The Balaban J connectivity index is 2.86. The van der Waals surface area contributed by atoms with Gasteiger partial charge in [-0.1, -0.05) is 13.0 Å². The molecule has 1 heterocycles. The van der Waals surface area contributed by atoms with Gasteiger partial charge < -0.3 is 9.52 Å². The maximum Gasteiger partial charge on any atom is 0.433 e. The number of hydrogen-bond acceptors (Lipinski definition) is 4. The molecule has 0 fully saturated rings. The van der Waals surface area contributed by atoms with Crippen molar-refractivity contribution in [2.75, 3.05) is 0 Å². The lowest BCUT2D eigenvalue weighted by Crippen LogP contribution is -2.08. The summed E-state index contributed by atoms with van der Waals surface area (Å²) < 4.78 is 4.89. The molecule has 0 aliphatic rings. The Kier molecular flexibility index (Phi) is 3.62. The van der Waals surface area contributed by atoms with Crippen molar-refractivity contribution >= 4 is 5.88 Å². The summed E-state index contributed by atoms with van der Waals surface area (Å²) in [5, 5.41) is 20.1. The van der Waals surface area contributed by atoms with Crippen molar-refractivity contribution in [3.63, 3.8) is 0 Å². The fourth-order valence-electron chi connectivity index (χ4n) is 1.33. The number of aliphatic hydroxyl groups excluding tert-OH is 1. The van der Waals surface area contributed by atoms with Crippen molar-refractivity contribution in [3.05, 3.63) is 40.7 Å². The molecule has 0 radical (unpaired) electrons. The third kappa shape index (κ3) is 2.44. The van der Waals surface area contributed by atoms with Crippen LogP contribution in [0.15, 0.2) is 29.2 Å². The molecule has 0 aromatic carbocycles. The van der Waals surface area contributed by atoms with Gasteiger partial charge in [0.15, 0.2) is 0 Å². The second kappa shape index (κ2) is 4.75. The van der Waals surface area contributed by atoms with Crippen molar-refractivity contribution in [1.82, 2.24) is 0 Å². The fourth-order valence-corrected chi connectivity index (χ4v) is 1.33. The van der Waals surface area contributed by atoms with Crippen LogP contribution < -0.4 is 0 Å². The van der Waals surface area contributed by atoms with Crippen LogP contribution in [0.3, 0.4) is 0 Å². The van der Waals surface area contributed by atoms with Crippen LogP contribution in [0.4, 0.5) is 5.88 Å². The highest BCUT2D eigenvalue weighted by Gasteiger charge is 2.22. The number of rotatable bonds is 5. The molecule has 1 N–H and O–H groups in total. The van der Waals surface area contributed by atoms with Crippen LogP contribution in [-0.4, -0.2) is 10.0 Å². The summed E-state index contributed by atoms with van der Waals surface area (Å²) in [6, 6.07) is 2.64. The SMILES string of the molecule is C=CC(CC)C(O)c1ccc([N+](=O)[O-])o1. The zero-order valence-corrected chi connectivity index (χ0v) is 8.42. The summed E-state index contributed by atoms with van der Waals surface area (Å²) in [5.74, 6) is -0.313. The predicted octanol–water partition coefficient (Wildman–Crippen LogP) is 2.43. The molecule has 82 valence electrons. The van der Waals surface area contributed by atoms with Gasteiger partial charge >= 0.3 is 5.88 Å². The van der Waals surface area contributed by atoms with E-state index in [0.29, 0.717) is 6.42 Å². The molecule has 0 aliphatic heterocycles. The van der Waals surface area contributed by atoms with Gasteiger partial charge in [-0.05, 0) is 12.5 Å². The summed E-state index contributed by atoms with van der Waals surface area (Å²) in [7, 11) is 0. The quantitative estimate of drug-likeness (QED) is 0.461. The van der Waals surface area contributed by atoms with Gasteiger partial charge in [-0.25, -0.2) is 0 Å². The van der Waals surface area contributed by atoms with Gasteiger partial charge in [-0.2, -0.15) is 0 Å². The van der Waals surface area contributed by atoms with Gasteiger partial charge in [0.25, 0.3) is 0 Å². The van der Waals surface area contributed by atoms with E-state index in [9.17, 15) is 15.2 Å². The van der Waals surface area contributed by atoms with E-state index in [4.69, 9.17) is 4.42 Å². The number of nitrogens with zero attached hydrogens (tertiary/aromatic N) is 1. The van der Waals surface area contributed by atoms with Crippen molar-refractivity contribution < 1.29 is 14.4 Å². The number of furan rings is 1. The van der Waals surface area contributed by atoms with Crippen LogP contribution in [0, 0.1) is 16.0 Å². The lowest BCUT2D eigenvalue weighted by Gasteiger charge is -2.14. The Morgan fingerprint density at radius 1 is 1.73 bits per heavy atom. The van der Waals surface area contributed by atoms with Crippen molar-refractivity contribution in [2.45, 2.75) is 19.4 Å². The van der Waals surface area contributed by atoms with Crippen LogP contribution in [0.25, 0.3) is 0 Å². The number of aliphatic hydroxyl groups is 1. The van der Waals surface area contributed by atoms with Crippen LogP contribution in [0.1, 0.15) is 25.2 Å². The van der Waals surface area contributed by atoms with E-state index in [0.717, 1.165) is 0 Å². The third-order valence-corrected chi connectivity index (χ3v) is 2.26. The predicted molar refractivity (Wildman–Crippen MR) is 54.3 cm³/mol. The fraction of sp³-hybridized carbons (Fsp3) is 0.400. The minimum Gasteiger partial charge on any atom is -0.403 e. The van der Waals surface area contributed by atoms with E-state index in [1.54, 1.807) is 6.08 Å². The first kappa shape index (κ1) is 11.5. The van der Waals surface area contributed by atoms with Gasteiger partial charge in [0, 0.05) is 5.92 Å². The largest absolute Gasteiger partial charge is 0.433 e. The van der Waals surface area contributed by atoms with Crippen molar-refractivity contribution in [2.24, 2.45) is 5.92 Å². The molecule has 0 bridgehead atoms. The minimum atomic E-state index is -0.874. The molecule has 15 heavy (non-hydrogen) atoms. The van der Waals surface area contributed by atoms with Crippen LogP contribution in [0.5, 0.6) is 0 Å². The average Bonchev–Trinajstić information content (AvgIpc) is 2.68. The van der Waals surface area contributed by atoms with E-state index in [1.165, 1.54) is 12.1 Å². The lowest BCUT2D eigenvalue weighted by molar-refractivity contribution is -0.402. The molecule has 0 saturated carbocycles. The molecule has 1 rings (SSSR count). The molecule has 1 aromatic rings. The van der Waals surface area contributed by atoms with Gasteiger partial charge in [-0.3, -0.25) is 10.1 Å². The zero-order chi connectivity index (χ0) is 11.4.